The van der Waals surface area contributed by atoms with Gasteiger partial charge in [0.05, 0.1) is 0 Å². The van der Waals surface area contributed by atoms with Crippen LogP contribution in [0.15, 0.2) is 18.3 Å². The lowest BCUT2D eigenvalue weighted by molar-refractivity contribution is 0.411. The van der Waals surface area contributed by atoms with Crippen LogP contribution in [0.5, 0.6) is 0 Å². The first-order valence-electron chi connectivity index (χ1n) is 5.01. The molecular weight excluding hydrogens is 172 g/mol. The molecule has 2 heteroatoms. The van der Waals surface area contributed by atoms with E-state index in [1.165, 1.54) is 5.56 Å². The van der Waals surface area contributed by atoms with E-state index < -0.39 is 0 Å². The second-order valence-electron chi connectivity index (χ2n) is 5.16. The summed E-state index contributed by atoms with van der Waals surface area (Å²) >= 11 is 0. The maximum absolute atomic E-state index is 4.39. The molecule has 1 aromatic rings. The fourth-order valence-corrected chi connectivity index (χ4v) is 1.40. The Balaban J connectivity index is 2.74. The Morgan fingerprint density at radius 2 is 1.86 bits per heavy atom. The summed E-state index contributed by atoms with van der Waals surface area (Å²) < 4.78 is 0. The van der Waals surface area contributed by atoms with Crippen molar-refractivity contribution in [3.8, 4) is 0 Å². The van der Waals surface area contributed by atoms with Crippen molar-refractivity contribution >= 4 is 5.82 Å². The minimum absolute atomic E-state index is 0.335. The zero-order chi connectivity index (χ0) is 10.8. The summed E-state index contributed by atoms with van der Waals surface area (Å²) in [5.41, 5.74) is 1.64. The number of hydrogen-bond acceptors (Lipinski definition) is 2. The molecule has 78 valence electrons. The average Bonchev–Trinajstić information content (AvgIpc) is 2.02. The summed E-state index contributed by atoms with van der Waals surface area (Å²) in [6, 6.07) is 4.23. The molecular formula is C12H20N2. The Morgan fingerprint density at radius 3 is 2.21 bits per heavy atom. The standard InChI is InChI=1S/C12H20N2/c1-12(2,3)8-10-6-7-11(13-9-10)14(4)5/h6-7,9H,8H2,1-5H3. The fourth-order valence-electron chi connectivity index (χ4n) is 1.40. The van der Waals surface area contributed by atoms with Gasteiger partial charge in [-0.2, -0.15) is 0 Å². The molecule has 0 aliphatic carbocycles. The van der Waals surface area contributed by atoms with E-state index in [1.807, 2.05) is 25.2 Å². The van der Waals surface area contributed by atoms with Crippen LogP contribution < -0.4 is 4.90 Å². The van der Waals surface area contributed by atoms with Gasteiger partial charge in [0.25, 0.3) is 0 Å². The molecule has 0 bridgehead atoms. The third-order valence-corrected chi connectivity index (χ3v) is 2.00. The maximum Gasteiger partial charge on any atom is 0.127 e. The van der Waals surface area contributed by atoms with Crippen molar-refractivity contribution in [3.05, 3.63) is 23.9 Å². The van der Waals surface area contributed by atoms with Crippen LogP contribution in [0.1, 0.15) is 26.3 Å². The molecule has 0 aromatic carbocycles. The summed E-state index contributed by atoms with van der Waals surface area (Å²) in [6.07, 6.45) is 3.05. The maximum atomic E-state index is 4.39. The molecule has 0 atom stereocenters. The van der Waals surface area contributed by atoms with Gasteiger partial charge in [-0.1, -0.05) is 26.8 Å². The van der Waals surface area contributed by atoms with Crippen molar-refractivity contribution < 1.29 is 0 Å². The number of pyridine rings is 1. The van der Waals surface area contributed by atoms with Crippen molar-refractivity contribution in [2.75, 3.05) is 19.0 Å². The molecule has 0 unspecified atom stereocenters. The van der Waals surface area contributed by atoms with E-state index in [0.29, 0.717) is 5.41 Å². The Bertz CT molecular complexity index is 280. The van der Waals surface area contributed by atoms with Gasteiger partial charge in [0.1, 0.15) is 5.82 Å². The second-order valence-corrected chi connectivity index (χ2v) is 5.16. The van der Waals surface area contributed by atoms with Crippen LogP contribution in [0.25, 0.3) is 0 Å². The third-order valence-electron chi connectivity index (χ3n) is 2.00. The van der Waals surface area contributed by atoms with Crippen molar-refractivity contribution in [2.45, 2.75) is 27.2 Å². The predicted molar refractivity (Wildman–Crippen MR) is 61.7 cm³/mol. The van der Waals surface area contributed by atoms with Crippen molar-refractivity contribution in [1.82, 2.24) is 4.98 Å². The van der Waals surface area contributed by atoms with E-state index in [9.17, 15) is 0 Å². The first-order valence-corrected chi connectivity index (χ1v) is 5.01. The number of nitrogens with zero attached hydrogens (tertiary/aromatic N) is 2. The molecule has 2 nitrogen and oxygen atoms in total. The largest absolute Gasteiger partial charge is 0.363 e. The minimum Gasteiger partial charge on any atom is -0.363 e. The molecule has 0 saturated carbocycles. The lowest BCUT2D eigenvalue weighted by atomic mass is 9.89. The van der Waals surface area contributed by atoms with Crippen LogP contribution in [0.3, 0.4) is 0 Å². The first-order chi connectivity index (χ1) is 6.38. The summed E-state index contributed by atoms with van der Waals surface area (Å²) in [4.78, 5) is 6.40. The van der Waals surface area contributed by atoms with E-state index >= 15 is 0 Å². The second kappa shape index (κ2) is 3.99. The Morgan fingerprint density at radius 1 is 1.21 bits per heavy atom. The number of aromatic nitrogens is 1. The normalized spacial score (nSPS) is 11.5. The van der Waals surface area contributed by atoms with Crippen LogP contribution in [0.4, 0.5) is 5.82 Å². The number of rotatable bonds is 2. The van der Waals surface area contributed by atoms with Gasteiger partial charge >= 0.3 is 0 Å². The SMILES string of the molecule is CN(C)c1ccc(CC(C)(C)C)cn1. The van der Waals surface area contributed by atoms with Gasteiger partial charge in [-0.05, 0) is 23.5 Å². The zero-order valence-corrected chi connectivity index (χ0v) is 9.83. The Hall–Kier alpha value is -1.05. The zero-order valence-electron chi connectivity index (χ0n) is 9.83. The highest BCUT2D eigenvalue weighted by atomic mass is 15.1. The smallest absolute Gasteiger partial charge is 0.127 e. The van der Waals surface area contributed by atoms with E-state index in [-0.39, 0.29) is 0 Å². The molecule has 0 spiro atoms. The van der Waals surface area contributed by atoms with Crippen molar-refractivity contribution in [1.29, 1.82) is 0 Å². The molecule has 1 heterocycles. The van der Waals surface area contributed by atoms with Gasteiger partial charge in [-0.3, -0.25) is 0 Å². The lowest BCUT2D eigenvalue weighted by Crippen LogP contribution is -2.12. The Kier molecular flexibility index (Phi) is 3.14. The number of anilines is 1. The van der Waals surface area contributed by atoms with Crippen LogP contribution in [0.2, 0.25) is 0 Å². The number of hydrogen-bond donors (Lipinski definition) is 0. The van der Waals surface area contributed by atoms with E-state index in [2.05, 4.69) is 37.9 Å². The van der Waals surface area contributed by atoms with E-state index in [0.717, 1.165) is 12.2 Å². The third kappa shape index (κ3) is 3.36. The lowest BCUT2D eigenvalue weighted by Gasteiger charge is -2.18. The van der Waals surface area contributed by atoms with Crippen LogP contribution >= 0.6 is 0 Å². The van der Waals surface area contributed by atoms with E-state index in [4.69, 9.17) is 0 Å². The summed E-state index contributed by atoms with van der Waals surface area (Å²) in [5, 5.41) is 0. The summed E-state index contributed by atoms with van der Waals surface area (Å²) in [7, 11) is 4.01. The molecule has 1 rings (SSSR count). The van der Waals surface area contributed by atoms with Crippen molar-refractivity contribution in [3.63, 3.8) is 0 Å². The van der Waals surface area contributed by atoms with Gasteiger partial charge in [-0.15, -0.1) is 0 Å². The van der Waals surface area contributed by atoms with Crippen molar-refractivity contribution in [2.24, 2.45) is 5.41 Å². The van der Waals surface area contributed by atoms with Crippen LogP contribution in [-0.4, -0.2) is 19.1 Å². The van der Waals surface area contributed by atoms with Gasteiger partial charge in [0.2, 0.25) is 0 Å². The molecule has 14 heavy (non-hydrogen) atoms. The summed E-state index contributed by atoms with van der Waals surface area (Å²) in [6.45, 7) is 6.73. The van der Waals surface area contributed by atoms with Gasteiger partial charge in [-0.25, -0.2) is 4.98 Å². The average molecular weight is 192 g/mol. The van der Waals surface area contributed by atoms with E-state index in [1.54, 1.807) is 0 Å². The Labute approximate surface area is 87.0 Å². The monoisotopic (exact) mass is 192 g/mol. The molecule has 0 N–H and O–H groups in total. The molecule has 0 fully saturated rings. The first kappa shape index (κ1) is 11.0. The van der Waals surface area contributed by atoms with Crippen LogP contribution in [-0.2, 0) is 6.42 Å². The molecule has 1 aromatic heterocycles. The van der Waals surface area contributed by atoms with Gasteiger partial charge < -0.3 is 4.90 Å². The molecule has 0 aliphatic heterocycles. The molecule has 0 saturated heterocycles. The molecule has 0 aliphatic rings. The highest BCUT2D eigenvalue weighted by molar-refractivity contribution is 5.37. The minimum atomic E-state index is 0.335. The van der Waals surface area contributed by atoms with Gasteiger partial charge in [0.15, 0.2) is 0 Å². The summed E-state index contributed by atoms with van der Waals surface area (Å²) in [5.74, 6) is 1.02. The van der Waals surface area contributed by atoms with Crippen LogP contribution in [0, 0.1) is 5.41 Å². The highest BCUT2D eigenvalue weighted by Gasteiger charge is 2.11. The van der Waals surface area contributed by atoms with Gasteiger partial charge in [0, 0.05) is 20.3 Å². The molecule has 0 radical (unpaired) electrons. The predicted octanol–water partition coefficient (Wildman–Crippen LogP) is 2.74. The fraction of sp³-hybridized carbons (Fsp3) is 0.583. The molecule has 0 amide bonds. The quantitative estimate of drug-likeness (QED) is 0.716. The topological polar surface area (TPSA) is 16.1 Å². The highest BCUT2D eigenvalue weighted by Crippen LogP contribution is 2.20.